The summed E-state index contributed by atoms with van der Waals surface area (Å²) in [5.41, 5.74) is -2.23. The van der Waals surface area contributed by atoms with E-state index in [0.717, 1.165) is 0 Å². The number of aliphatic carboxylic acids is 1. The molecule has 1 atom stereocenters. The average Bonchev–Trinajstić information content (AvgIpc) is 3.31. The first-order valence-corrected chi connectivity index (χ1v) is 15.8. The number of aromatic carboxylic acids is 1. The van der Waals surface area contributed by atoms with Crippen molar-refractivity contribution in [2.24, 2.45) is 5.92 Å². The Morgan fingerprint density at radius 2 is 1.50 bits per heavy atom. The number of hydrogen-bond acceptors (Lipinski definition) is 7. The van der Waals surface area contributed by atoms with Crippen LogP contribution in [0, 0.1) is 11.7 Å². The van der Waals surface area contributed by atoms with Crippen LogP contribution in [0.2, 0.25) is 0 Å². The SMILES string of the molecule is CC(C)C(NC(=O)c1cc(C(F)(F)F)ccc1F)C(=O)N1CCC2(CC1)C(=O)N(CCN(C)C)CN2c1ccc(C(=O)O)cc1.O=C(O)C(F)(F)F. The van der Waals surface area contributed by atoms with Crippen LogP contribution in [0.5, 0.6) is 0 Å². The van der Waals surface area contributed by atoms with Gasteiger partial charge in [-0.2, -0.15) is 26.3 Å². The normalized spacial score (nSPS) is 16.6. The Kier molecular flexibility index (Phi) is 12.9. The maximum absolute atomic E-state index is 14.4. The van der Waals surface area contributed by atoms with E-state index < -0.39 is 70.5 Å². The summed E-state index contributed by atoms with van der Waals surface area (Å²) < 4.78 is 85.7. The molecule has 52 heavy (non-hydrogen) atoms. The number of rotatable bonds is 9. The number of alkyl halides is 6. The number of likely N-dealkylation sites (tertiary alicyclic amines) is 1. The molecule has 1 spiro atoms. The smallest absolute Gasteiger partial charge is 0.478 e. The molecule has 0 radical (unpaired) electrons. The van der Waals surface area contributed by atoms with E-state index in [1.54, 1.807) is 30.9 Å². The predicted molar refractivity (Wildman–Crippen MR) is 171 cm³/mol. The minimum Gasteiger partial charge on any atom is -0.478 e. The standard InChI is InChI=1S/C31H37F4N5O5.C2HF3O2/c1-19(2)25(36-26(41)23-17-21(31(33,34)35)7-10-24(23)32)27(42)38-13-11-30(12-14-38)29(45)39(16-15-37(3)4)18-40(30)22-8-5-20(6-9-22)28(43)44;3-2(4,5)1(6)7/h5-10,17,19,25H,11-16,18H2,1-4H3,(H,36,41)(H,43,44);(H,6,7). The van der Waals surface area contributed by atoms with Gasteiger partial charge in [0, 0.05) is 31.9 Å². The Balaban J connectivity index is 0.000000944. The molecule has 2 aliphatic rings. The van der Waals surface area contributed by atoms with Crippen molar-refractivity contribution in [3.63, 3.8) is 0 Å². The van der Waals surface area contributed by atoms with Crippen LogP contribution >= 0.6 is 0 Å². The van der Waals surface area contributed by atoms with Gasteiger partial charge < -0.3 is 35.1 Å². The van der Waals surface area contributed by atoms with Gasteiger partial charge in [-0.3, -0.25) is 14.4 Å². The third kappa shape index (κ3) is 9.68. The first-order chi connectivity index (χ1) is 24.0. The maximum Gasteiger partial charge on any atom is 0.490 e. The molecule has 19 heteroatoms. The summed E-state index contributed by atoms with van der Waals surface area (Å²) in [6, 6.07) is 6.62. The largest absolute Gasteiger partial charge is 0.490 e. The number of hydrogen-bond donors (Lipinski definition) is 3. The lowest BCUT2D eigenvalue weighted by Crippen LogP contribution is -2.60. The van der Waals surface area contributed by atoms with Gasteiger partial charge in [0.15, 0.2) is 0 Å². The Labute approximate surface area is 293 Å². The molecule has 2 aromatic rings. The molecule has 4 rings (SSSR count). The molecule has 0 bridgehead atoms. The molecule has 12 nitrogen and oxygen atoms in total. The number of halogens is 7. The number of amides is 3. The van der Waals surface area contributed by atoms with Crippen LogP contribution in [0.3, 0.4) is 0 Å². The van der Waals surface area contributed by atoms with Crippen molar-refractivity contribution >= 4 is 35.3 Å². The van der Waals surface area contributed by atoms with Gasteiger partial charge in [-0.1, -0.05) is 13.8 Å². The van der Waals surface area contributed by atoms with E-state index in [9.17, 15) is 55.0 Å². The summed E-state index contributed by atoms with van der Waals surface area (Å²) in [5.74, 6) is -7.20. The number of piperidine rings is 1. The van der Waals surface area contributed by atoms with Gasteiger partial charge in [0.05, 0.1) is 23.4 Å². The van der Waals surface area contributed by atoms with Crippen molar-refractivity contribution in [3.05, 3.63) is 65.0 Å². The number of carboxylic acid groups (broad SMARTS) is 2. The van der Waals surface area contributed by atoms with Crippen molar-refractivity contribution in [2.45, 2.75) is 50.6 Å². The summed E-state index contributed by atoms with van der Waals surface area (Å²) in [7, 11) is 3.79. The highest BCUT2D eigenvalue weighted by atomic mass is 19.4. The van der Waals surface area contributed by atoms with E-state index in [-0.39, 0.29) is 44.1 Å². The lowest BCUT2D eigenvalue weighted by Gasteiger charge is -2.44. The van der Waals surface area contributed by atoms with Crippen LogP contribution in [0.25, 0.3) is 0 Å². The fraction of sp³-hybridized carbons (Fsp3) is 0.485. The van der Waals surface area contributed by atoms with E-state index in [0.29, 0.717) is 37.0 Å². The van der Waals surface area contributed by atoms with Crippen molar-refractivity contribution in [1.29, 1.82) is 0 Å². The van der Waals surface area contributed by atoms with Crippen LogP contribution in [-0.4, -0.2) is 119 Å². The molecule has 0 aliphatic carbocycles. The van der Waals surface area contributed by atoms with Crippen LogP contribution in [0.1, 0.15) is 53.0 Å². The number of likely N-dealkylation sites (N-methyl/N-ethyl adjacent to an activating group) is 1. The Morgan fingerprint density at radius 3 is 1.96 bits per heavy atom. The summed E-state index contributed by atoms with van der Waals surface area (Å²) >= 11 is 0. The number of carbonyl (C=O) groups is 5. The lowest BCUT2D eigenvalue weighted by molar-refractivity contribution is -0.192. The minimum absolute atomic E-state index is 0.104. The van der Waals surface area contributed by atoms with E-state index in [1.165, 1.54) is 17.0 Å². The molecular formula is C33H38F7N5O7. The molecule has 2 aliphatic heterocycles. The summed E-state index contributed by atoms with van der Waals surface area (Å²) in [6.45, 7) is 4.97. The van der Waals surface area contributed by atoms with Crippen molar-refractivity contribution in [3.8, 4) is 0 Å². The Morgan fingerprint density at radius 1 is 0.942 bits per heavy atom. The first-order valence-electron chi connectivity index (χ1n) is 15.8. The van der Waals surface area contributed by atoms with Gasteiger partial charge in [0.2, 0.25) is 11.8 Å². The zero-order chi connectivity index (χ0) is 39.3. The van der Waals surface area contributed by atoms with Crippen LogP contribution in [0.4, 0.5) is 36.4 Å². The van der Waals surface area contributed by atoms with E-state index in [4.69, 9.17) is 9.90 Å². The fourth-order valence-corrected chi connectivity index (χ4v) is 5.77. The molecule has 0 aromatic heterocycles. The molecule has 3 N–H and O–H groups in total. The minimum atomic E-state index is -5.08. The quantitative estimate of drug-likeness (QED) is 0.322. The van der Waals surface area contributed by atoms with Crippen LogP contribution in [0.15, 0.2) is 42.5 Å². The molecule has 2 aromatic carbocycles. The number of carboxylic acids is 2. The summed E-state index contributed by atoms with van der Waals surface area (Å²) in [6.07, 6.45) is -9.37. The van der Waals surface area contributed by atoms with E-state index in [1.807, 2.05) is 23.9 Å². The van der Waals surface area contributed by atoms with Gasteiger partial charge in [-0.25, -0.2) is 14.0 Å². The molecule has 2 saturated heterocycles. The zero-order valence-electron chi connectivity index (χ0n) is 28.5. The van der Waals surface area contributed by atoms with Crippen LogP contribution in [-0.2, 0) is 20.6 Å². The van der Waals surface area contributed by atoms with E-state index >= 15 is 0 Å². The molecule has 1 unspecified atom stereocenters. The van der Waals surface area contributed by atoms with E-state index in [2.05, 4.69) is 5.32 Å². The Bertz CT molecular complexity index is 1640. The van der Waals surface area contributed by atoms with Gasteiger partial charge >= 0.3 is 24.3 Å². The predicted octanol–water partition coefficient (Wildman–Crippen LogP) is 4.16. The van der Waals surface area contributed by atoms with Crippen LogP contribution < -0.4 is 10.2 Å². The zero-order valence-corrected chi connectivity index (χ0v) is 28.5. The maximum atomic E-state index is 14.4. The van der Waals surface area contributed by atoms with Crippen molar-refractivity contribution < 1.29 is 64.9 Å². The average molecular weight is 750 g/mol. The highest BCUT2D eigenvalue weighted by Gasteiger charge is 2.54. The molecule has 3 amide bonds. The van der Waals surface area contributed by atoms with Crippen molar-refractivity contribution in [2.75, 3.05) is 51.8 Å². The first kappa shape index (κ1) is 41.5. The second-order valence-electron chi connectivity index (χ2n) is 12.8. The number of anilines is 1. The number of carbonyl (C=O) groups excluding carboxylic acids is 3. The number of benzene rings is 2. The fourth-order valence-electron chi connectivity index (χ4n) is 5.77. The van der Waals surface area contributed by atoms with Gasteiger partial charge in [0.25, 0.3) is 5.91 Å². The van der Waals surface area contributed by atoms with Gasteiger partial charge in [-0.15, -0.1) is 0 Å². The summed E-state index contributed by atoms with van der Waals surface area (Å²) in [5, 5.41) is 18.9. The molecule has 286 valence electrons. The van der Waals surface area contributed by atoms with Gasteiger partial charge in [-0.05, 0) is 75.3 Å². The summed E-state index contributed by atoms with van der Waals surface area (Å²) in [4.78, 5) is 67.9. The third-order valence-electron chi connectivity index (χ3n) is 8.66. The number of nitrogens with zero attached hydrogens (tertiary/aromatic N) is 4. The third-order valence-corrected chi connectivity index (χ3v) is 8.66. The molecule has 2 heterocycles. The second-order valence-corrected chi connectivity index (χ2v) is 12.8. The molecule has 0 saturated carbocycles. The molecular weight excluding hydrogens is 711 g/mol. The lowest BCUT2D eigenvalue weighted by atomic mass is 9.84. The van der Waals surface area contributed by atoms with Crippen molar-refractivity contribution in [1.82, 2.24) is 20.0 Å². The highest BCUT2D eigenvalue weighted by molar-refractivity contribution is 5.98. The Hall–Kier alpha value is -4.94. The van der Waals surface area contributed by atoms with Gasteiger partial charge in [0.1, 0.15) is 17.4 Å². The highest BCUT2D eigenvalue weighted by Crippen LogP contribution is 2.40. The monoisotopic (exact) mass is 749 g/mol. The topological polar surface area (TPSA) is 151 Å². The second kappa shape index (κ2) is 16.2. The molecule has 2 fully saturated rings. The number of nitrogens with one attached hydrogen (secondary N) is 1.